The summed E-state index contributed by atoms with van der Waals surface area (Å²) in [6.45, 7) is 1.62. The first kappa shape index (κ1) is 6.54. The Morgan fingerprint density at radius 2 is 2.17 bits per heavy atom. The fraction of sp³-hybridized carbons (Fsp3) is 1.00. The van der Waals surface area contributed by atoms with E-state index in [0.717, 1.165) is 0 Å². The quantitative estimate of drug-likeness (QED) is 0.480. The predicted molar refractivity (Wildman–Crippen MR) is 28.2 cm³/mol. The van der Waals surface area contributed by atoms with Crippen LogP contribution in [0.3, 0.4) is 0 Å². The van der Waals surface area contributed by atoms with Crippen LogP contribution >= 0.6 is 24.0 Å². The summed E-state index contributed by atoms with van der Waals surface area (Å²) in [5.74, 6) is 0. The summed E-state index contributed by atoms with van der Waals surface area (Å²) in [6, 6.07) is 0. The zero-order chi connectivity index (χ0) is 5.15. The van der Waals surface area contributed by atoms with Crippen molar-refractivity contribution in [3.63, 3.8) is 0 Å². The van der Waals surface area contributed by atoms with E-state index < -0.39 is 8.03 Å². The van der Waals surface area contributed by atoms with Crippen LogP contribution < -0.4 is 0 Å². The molecule has 0 aromatic heterocycles. The van der Waals surface area contributed by atoms with Crippen LogP contribution in [-0.2, 0) is 4.57 Å². The lowest BCUT2D eigenvalue weighted by molar-refractivity contribution is 0.502. The Bertz CT molecular complexity index is 62.6. The second kappa shape index (κ2) is 2.67. The molecule has 0 rings (SSSR count). The summed E-state index contributed by atoms with van der Waals surface area (Å²) < 4.78 is 9.53. The van der Waals surface area contributed by atoms with E-state index in [0.29, 0.717) is 0 Å². The van der Waals surface area contributed by atoms with Gasteiger partial charge in [0, 0.05) is 0 Å². The summed E-state index contributed by atoms with van der Waals surface area (Å²) in [5, 5.41) is 0. The van der Waals surface area contributed by atoms with Gasteiger partial charge < -0.3 is 0 Å². The van der Waals surface area contributed by atoms with Crippen molar-refractivity contribution in [1.82, 2.24) is 0 Å². The van der Waals surface area contributed by atoms with E-state index in [9.17, 15) is 4.57 Å². The monoisotopic (exact) mass is 171 g/mol. The Hall–Kier alpha value is 0.540. The second-order valence-corrected chi connectivity index (χ2v) is 4.34. The molecule has 0 saturated carbocycles. The van der Waals surface area contributed by atoms with E-state index in [4.69, 9.17) is 4.89 Å². The molecule has 0 aliphatic carbocycles. The lowest BCUT2D eigenvalue weighted by Crippen LogP contribution is -1.74. The SMILES string of the molecule is CC(Br)[P+](=O)O. The molecule has 0 fully saturated rings. The highest BCUT2D eigenvalue weighted by Crippen LogP contribution is 2.25. The molecule has 0 bridgehead atoms. The number of halogens is 1. The molecule has 0 amide bonds. The van der Waals surface area contributed by atoms with Crippen molar-refractivity contribution in [1.29, 1.82) is 0 Å². The van der Waals surface area contributed by atoms with Crippen LogP contribution in [0.5, 0.6) is 0 Å². The lowest BCUT2D eigenvalue weighted by Gasteiger charge is -1.71. The van der Waals surface area contributed by atoms with Gasteiger partial charge in [0.05, 0.1) is 0 Å². The molecule has 0 saturated heterocycles. The van der Waals surface area contributed by atoms with Gasteiger partial charge in [-0.25, -0.2) is 0 Å². The maximum Gasteiger partial charge on any atom is 0.519 e. The standard InChI is InChI=1S/C2H4BrO2P/c1-2(3)6(4)5/h2H,1H3/p+1. The summed E-state index contributed by atoms with van der Waals surface area (Å²) >= 11 is 2.90. The van der Waals surface area contributed by atoms with Gasteiger partial charge in [-0.3, -0.25) is 0 Å². The number of rotatable bonds is 1. The average Bonchev–Trinajstić information content (AvgIpc) is 1.36. The first-order valence-corrected chi connectivity index (χ1v) is 3.63. The zero-order valence-electron chi connectivity index (χ0n) is 3.26. The van der Waals surface area contributed by atoms with E-state index in [-0.39, 0.29) is 4.57 Å². The van der Waals surface area contributed by atoms with Crippen LogP contribution in [0.15, 0.2) is 0 Å². The zero-order valence-corrected chi connectivity index (χ0v) is 5.74. The van der Waals surface area contributed by atoms with Crippen molar-refractivity contribution in [2.75, 3.05) is 0 Å². The van der Waals surface area contributed by atoms with Gasteiger partial charge in [0.2, 0.25) is 4.57 Å². The van der Waals surface area contributed by atoms with Gasteiger partial charge in [0.15, 0.2) is 0 Å². The maximum atomic E-state index is 9.80. The van der Waals surface area contributed by atoms with E-state index >= 15 is 0 Å². The van der Waals surface area contributed by atoms with Crippen LogP contribution in [0.1, 0.15) is 6.92 Å². The molecule has 36 valence electrons. The van der Waals surface area contributed by atoms with Gasteiger partial charge in [0.25, 0.3) is 0 Å². The van der Waals surface area contributed by atoms with Crippen molar-refractivity contribution in [2.24, 2.45) is 0 Å². The van der Waals surface area contributed by atoms with E-state index in [1.165, 1.54) is 0 Å². The molecule has 2 unspecified atom stereocenters. The molecule has 6 heavy (non-hydrogen) atoms. The minimum absolute atomic E-state index is 0.271. The highest BCUT2D eigenvalue weighted by Gasteiger charge is 2.17. The molecule has 4 heteroatoms. The van der Waals surface area contributed by atoms with Gasteiger partial charge in [-0.05, 0) is 27.4 Å². The van der Waals surface area contributed by atoms with Crippen molar-refractivity contribution in [3.05, 3.63) is 0 Å². The molecule has 0 aliphatic rings. The Balaban J connectivity index is 3.26. The first-order valence-electron chi connectivity index (χ1n) is 1.44. The molecule has 0 aromatic rings. The first-order chi connectivity index (χ1) is 2.64. The highest BCUT2D eigenvalue weighted by molar-refractivity contribution is 9.10. The number of alkyl halides is 1. The third-order valence-corrected chi connectivity index (χ3v) is 1.96. The van der Waals surface area contributed by atoms with Crippen LogP contribution in [0.2, 0.25) is 0 Å². The largest absolute Gasteiger partial charge is 0.519 e. The smallest absolute Gasteiger partial charge is 0.160 e. The Morgan fingerprint density at radius 1 is 2.00 bits per heavy atom. The van der Waals surface area contributed by atoms with Crippen molar-refractivity contribution in [2.45, 2.75) is 11.5 Å². The molecule has 0 spiro atoms. The van der Waals surface area contributed by atoms with Crippen LogP contribution in [0.25, 0.3) is 0 Å². The summed E-state index contributed by atoms with van der Waals surface area (Å²) in [4.78, 5) is 8.09. The Morgan fingerprint density at radius 3 is 2.17 bits per heavy atom. The minimum atomic E-state index is -1.99. The summed E-state index contributed by atoms with van der Waals surface area (Å²) in [6.07, 6.45) is 0. The molecule has 0 aromatic carbocycles. The fourth-order valence-corrected chi connectivity index (χ4v) is 0. The molecule has 1 N–H and O–H groups in total. The summed E-state index contributed by atoms with van der Waals surface area (Å²) in [7, 11) is -1.99. The third kappa shape index (κ3) is 2.76. The third-order valence-electron chi connectivity index (χ3n) is 0.304. The molecule has 0 heterocycles. The van der Waals surface area contributed by atoms with E-state index in [1.807, 2.05) is 0 Å². The maximum absolute atomic E-state index is 9.80. The topological polar surface area (TPSA) is 37.3 Å². The Labute approximate surface area is 45.6 Å². The van der Waals surface area contributed by atoms with Gasteiger partial charge in [0.1, 0.15) is 0 Å². The number of hydrogen-bond donors (Lipinski definition) is 1. The minimum Gasteiger partial charge on any atom is -0.160 e. The number of hydrogen-bond acceptors (Lipinski definition) is 1. The molecular formula is C2H5BrO2P+. The van der Waals surface area contributed by atoms with Gasteiger partial charge in [-0.2, -0.15) is 4.89 Å². The summed E-state index contributed by atoms with van der Waals surface area (Å²) in [5.41, 5.74) is 0. The Kier molecular flexibility index (Phi) is 2.91. The molecule has 0 aliphatic heterocycles. The molecular weight excluding hydrogens is 167 g/mol. The van der Waals surface area contributed by atoms with Crippen molar-refractivity contribution in [3.8, 4) is 0 Å². The second-order valence-electron chi connectivity index (χ2n) is 0.877. The fourth-order valence-electron chi connectivity index (χ4n) is 0. The van der Waals surface area contributed by atoms with E-state index in [2.05, 4.69) is 15.9 Å². The van der Waals surface area contributed by atoms with Gasteiger partial charge >= 0.3 is 8.03 Å². The normalized spacial score (nSPS) is 16.8. The van der Waals surface area contributed by atoms with Crippen LogP contribution in [0, 0.1) is 0 Å². The van der Waals surface area contributed by atoms with E-state index in [1.54, 1.807) is 6.92 Å². The van der Waals surface area contributed by atoms with Crippen molar-refractivity contribution < 1.29 is 9.46 Å². The molecule has 2 nitrogen and oxygen atoms in total. The lowest BCUT2D eigenvalue weighted by atomic mass is 11.0. The van der Waals surface area contributed by atoms with Gasteiger partial charge in [-0.15, -0.1) is 0 Å². The average molecular weight is 172 g/mol. The van der Waals surface area contributed by atoms with Crippen LogP contribution in [-0.4, -0.2) is 9.46 Å². The van der Waals surface area contributed by atoms with Crippen LogP contribution in [0.4, 0.5) is 0 Å². The van der Waals surface area contributed by atoms with Gasteiger partial charge in [-0.1, -0.05) is 0 Å². The molecule has 0 radical (unpaired) electrons. The highest BCUT2D eigenvalue weighted by atomic mass is 79.9. The predicted octanol–water partition coefficient (Wildman–Crippen LogP) is 1.46. The molecule has 2 atom stereocenters. The van der Waals surface area contributed by atoms with Crippen molar-refractivity contribution >= 4 is 24.0 Å².